The highest BCUT2D eigenvalue weighted by Crippen LogP contribution is 2.37. The molecule has 0 saturated heterocycles. The van der Waals surface area contributed by atoms with E-state index in [0.29, 0.717) is 17.9 Å². The Labute approximate surface area is 160 Å². The predicted molar refractivity (Wildman–Crippen MR) is 104 cm³/mol. The summed E-state index contributed by atoms with van der Waals surface area (Å²) in [5.74, 6) is -2.13. The first kappa shape index (κ1) is 20.0. The summed E-state index contributed by atoms with van der Waals surface area (Å²) in [6.07, 6.45) is 10.9. The molecule has 0 N–H and O–H groups in total. The minimum atomic E-state index is -1.40. The number of halogens is 3. The lowest BCUT2D eigenvalue weighted by Crippen LogP contribution is -2.13. The Morgan fingerprint density at radius 3 is 2.04 bits per heavy atom. The zero-order chi connectivity index (χ0) is 19.2. The Bertz CT molecular complexity index is 705. The molecule has 3 heteroatoms. The van der Waals surface area contributed by atoms with Crippen molar-refractivity contribution in [3.8, 4) is 0 Å². The third-order valence-corrected chi connectivity index (χ3v) is 5.97. The van der Waals surface area contributed by atoms with E-state index in [1.807, 2.05) is 12.1 Å². The van der Waals surface area contributed by atoms with Crippen LogP contribution in [0.2, 0.25) is 0 Å². The lowest BCUT2D eigenvalue weighted by atomic mass is 9.77. The molecule has 0 atom stereocenters. The highest BCUT2D eigenvalue weighted by molar-refractivity contribution is 5.31. The van der Waals surface area contributed by atoms with E-state index in [1.165, 1.54) is 56.9 Å². The van der Waals surface area contributed by atoms with Gasteiger partial charge in [-0.15, -0.1) is 0 Å². The van der Waals surface area contributed by atoms with Crippen molar-refractivity contribution < 1.29 is 13.2 Å². The van der Waals surface area contributed by atoms with Gasteiger partial charge in [-0.05, 0) is 72.8 Å². The van der Waals surface area contributed by atoms with Crippen LogP contribution in [0.5, 0.6) is 0 Å². The summed E-state index contributed by atoms with van der Waals surface area (Å²) in [7, 11) is 0. The summed E-state index contributed by atoms with van der Waals surface area (Å²) in [6.45, 7) is 2.25. The molecule has 0 spiro atoms. The molecule has 1 aliphatic rings. The van der Waals surface area contributed by atoms with Crippen LogP contribution >= 0.6 is 0 Å². The Kier molecular flexibility index (Phi) is 6.98. The van der Waals surface area contributed by atoms with Crippen molar-refractivity contribution in [1.29, 1.82) is 0 Å². The van der Waals surface area contributed by atoms with Crippen molar-refractivity contribution in [2.24, 2.45) is 5.92 Å². The van der Waals surface area contributed by atoms with Gasteiger partial charge < -0.3 is 0 Å². The van der Waals surface area contributed by atoms with Crippen LogP contribution in [0.4, 0.5) is 13.2 Å². The van der Waals surface area contributed by atoms with E-state index in [4.69, 9.17) is 0 Å². The van der Waals surface area contributed by atoms with Crippen LogP contribution in [-0.4, -0.2) is 0 Å². The molecule has 1 fully saturated rings. The molecule has 0 amide bonds. The van der Waals surface area contributed by atoms with Gasteiger partial charge in [0.2, 0.25) is 0 Å². The van der Waals surface area contributed by atoms with Crippen molar-refractivity contribution in [3.63, 3.8) is 0 Å². The molecular weight excluding hydrogens is 345 g/mol. The molecule has 0 unspecified atom stereocenters. The Hall–Kier alpha value is -1.77. The average Bonchev–Trinajstić information content (AvgIpc) is 2.67. The van der Waals surface area contributed by atoms with Crippen LogP contribution in [-0.2, 0) is 6.42 Å². The quantitative estimate of drug-likeness (QED) is 0.347. The Balaban J connectivity index is 1.55. The van der Waals surface area contributed by atoms with Gasteiger partial charge in [-0.25, -0.2) is 13.2 Å². The van der Waals surface area contributed by atoms with Crippen LogP contribution in [0, 0.1) is 23.4 Å². The molecule has 1 saturated carbocycles. The van der Waals surface area contributed by atoms with Gasteiger partial charge in [-0.3, -0.25) is 0 Å². The molecule has 0 heterocycles. The second-order valence-electron chi connectivity index (χ2n) is 8.01. The SMILES string of the molecule is CCCCCC1CCC(c2ccc(Cc3cc(F)c(F)c(F)c3)cc2)CC1. The van der Waals surface area contributed by atoms with Gasteiger partial charge in [0.25, 0.3) is 0 Å². The minimum Gasteiger partial charge on any atom is -0.204 e. The normalized spacial score (nSPS) is 20.0. The molecule has 0 bridgehead atoms. The summed E-state index contributed by atoms with van der Waals surface area (Å²) in [6, 6.07) is 10.5. The number of hydrogen-bond acceptors (Lipinski definition) is 0. The number of hydrogen-bond donors (Lipinski definition) is 0. The van der Waals surface area contributed by atoms with E-state index in [0.717, 1.165) is 23.6 Å². The minimum absolute atomic E-state index is 0.401. The maximum absolute atomic E-state index is 13.4. The number of unbranched alkanes of at least 4 members (excludes halogenated alkanes) is 2. The first-order valence-corrected chi connectivity index (χ1v) is 10.3. The van der Waals surface area contributed by atoms with Crippen molar-refractivity contribution >= 4 is 0 Å². The molecule has 146 valence electrons. The zero-order valence-electron chi connectivity index (χ0n) is 16.1. The second kappa shape index (κ2) is 9.43. The summed E-state index contributed by atoms with van der Waals surface area (Å²) < 4.78 is 39.8. The first-order valence-electron chi connectivity index (χ1n) is 10.3. The van der Waals surface area contributed by atoms with E-state index >= 15 is 0 Å². The fourth-order valence-corrected chi connectivity index (χ4v) is 4.32. The van der Waals surface area contributed by atoms with Crippen LogP contribution in [0.1, 0.15) is 80.9 Å². The van der Waals surface area contributed by atoms with Gasteiger partial charge in [-0.1, -0.05) is 56.9 Å². The van der Waals surface area contributed by atoms with Crippen molar-refractivity contribution in [2.45, 2.75) is 70.6 Å². The summed E-state index contributed by atoms with van der Waals surface area (Å²) in [4.78, 5) is 0. The lowest BCUT2D eigenvalue weighted by molar-refractivity contribution is 0.303. The van der Waals surface area contributed by atoms with Gasteiger partial charge >= 0.3 is 0 Å². The first-order chi connectivity index (χ1) is 13.1. The van der Waals surface area contributed by atoms with Gasteiger partial charge in [-0.2, -0.15) is 0 Å². The average molecular weight is 374 g/mol. The van der Waals surface area contributed by atoms with Crippen molar-refractivity contribution in [3.05, 3.63) is 70.5 Å². The molecule has 0 aliphatic heterocycles. The van der Waals surface area contributed by atoms with E-state index in [9.17, 15) is 13.2 Å². The molecule has 0 aromatic heterocycles. The third kappa shape index (κ3) is 5.37. The molecule has 0 nitrogen and oxygen atoms in total. The van der Waals surface area contributed by atoms with Crippen LogP contribution < -0.4 is 0 Å². The van der Waals surface area contributed by atoms with Gasteiger partial charge in [0, 0.05) is 0 Å². The standard InChI is InChI=1S/C24H29F3/c1-2-3-4-5-17-6-10-20(11-7-17)21-12-8-18(9-13-21)14-19-15-22(25)24(27)23(26)16-19/h8-9,12-13,15-17,20H,2-7,10-11,14H2,1H3. The third-order valence-electron chi connectivity index (χ3n) is 5.97. The topological polar surface area (TPSA) is 0 Å². The molecule has 3 rings (SSSR count). The van der Waals surface area contributed by atoms with Crippen molar-refractivity contribution in [2.75, 3.05) is 0 Å². The monoisotopic (exact) mass is 374 g/mol. The van der Waals surface area contributed by atoms with Gasteiger partial charge in [0.15, 0.2) is 17.5 Å². The largest absolute Gasteiger partial charge is 0.204 e. The van der Waals surface area contributed by atoms with Crippen LogP contribution in [0.15, 0.2) is 36.4 Å². The maximum atomic E-state index is 13.4. The molecule has 2 aromatic carbocycles. The van der Waals surface area contributed by atoms with E-state index in [1.54, 1.807) is 0 Å². The molecular formula is C24H29F3. The number of rotatable bonds is 7. The highest BCUT2D eigenvalue weighted by atomic mass is 19.2. The lowest BCUT2D eigenvalue weighted by Gasteiger charge is -2.29. The fraction of sp³-hybridized carbons (Fsp3) is 0.500. The van der Waals surface area contributed by atoms with Crippen molar-refractivity contribution in [1.82, 2.24) is 0 Å². The summed E-state index contributed by atoms with van der Waals surface area (Å²) >= 11 is 0. The van der Waals surface area contributed by atoms with E-state index < -0.39 is 17.5 Å². The molecule has 0 radical (unpaired) electrons. The zero-order valence-corrected chi connectivity index (χ0v) is 16.1. The Morgan fingerprint density at radius 2 is 1.44 bits per heavy atom. The molecule has 1 aliphatic carbocycles. The fourth-order valence-electron chi connectivity index (χ4n) is 4.32. The predicted octanol–water partition coefficient (Wildman–Crippen LogP) is 7.55. The maximum Gasteiger partial charge on any atom is 0.194 e. The van der Waals surface area contributed by atoms with E-state index in [2.05, 4.69) is 19.1 Å². The highest BCUT2D eigenvalue weighted by Gasteiger charge is 2.22. The van der Waals surface area contributed by atoms with Gasteiger partial charge in [0.05, 0.1) is 0 Å². The van der Waals surface area contributed by atoms with Gasteiger partial charge in [0.1, 0.15) is 0 Å². The Morgan fingerprint density at radius 1 is 0.815 bits per heavy atom. The van der Waals surface area contributed by atoms with Crippen LogP contribution in [0.3, 0.4) is 0 Å². The second-order valence-corrected chi connectivity index (χ2v) is 8.01. The molecule has 27 heavy (non-hydrogen) atoms. The summed E-state index contributed by atoms with van der Waals surface area (Å²) in [5.41, 5.74) is 2.80. The number of benzene rings is 2. The smallest absolute Gasteiger partial charge is 0.194 e. The molecule has 2 aromatic rings. The van der Waals surface area contributed by atoms with Crippen LogP contribution in [0.25, 0.3) is 0 Å². The summed E-state index contributed by atoms with van der Waals surface area (Å²) in [5, 5.41) is 0. The van der Waals surface area contributed by atoms with E-state index in [-0.39, 0.29) is 0 Å².